The Bertz CT molecular complexity index is 756. The van der Waals surface area contributed by atoms with Crippen molar-refractivity contribution in [3.8, 4) is 0 Å². The van der Waals surface area contributed by atoms with E-state index < -0.39 is 5.41 Å². The molecule has 1 aromatic heterocycles. The third-order valence-electron chi connectivity index (χ3n) is 4.84. The quantitative estimate of drug-likeness (QED) is 0.863. The normalized spacial score (nSPS) is 15.3. The number of benzene rings is 1. The first-order valence-electron chi connectivity index (χ1n) is 8.60. The van der Waals surface area contributed by atoms with Gasteiger partial charge in [-0.2, -0.15) is 0 Å². The molecule has 1 aliphatic heterocycles. The Morgan fingerprint density at radius 2 is 1.52 bits per heavy atom. The number of hydrogen-bond donors (Lipinski definition) is 0. The highest BCUT2D eigenvalue weighted by atomic mass is 16.3. The lowest BCUT2D eigenvalue weighted by Crippen LogP contribution is -2.54. The van der Waals surface area contributed by atoms with Gasteiger partial charge in [-0.3, -0.25) is 9.59 Å². The van der Waals surface area contributed by atoms with Crippen LogP contribution in [0.3, 0.4) is 0 Å². The van der Waals surface area contributed by atoms with Crippen molar-refractivity contribution in [3.05, 3.63) is 59.5 Å². The predicted octanol–water partition coefficient (Wildman–Crippen LogP) is 2.85. The lowest BCUT2D eigenvalue weighted by molar-refractivity contribution is -0.137. The van der Waals surface area contributed by atoms with E-state index in [1.165, 1.54) is 0 Å². The number of piperazine rings is 1. The Kier molecular flexibility index (Phi) is 4.66. The first-order valence-corrected chi connectivity index (χ1v) is 8.60. The minimum Gasteiger partial charge on any atom is -0.456 e. The number of carbonyl (C=O) groups is 2. The first-order chi connectivity index (χ1) is 11.9. The summed E-state index contributed by atoms with van der Waals surface area (Å²) in [5.74, 6) is 1.07. The molecule has 3 rings (SSSR count). The van der Waals surface area contributed by atoms with E-state index in [9.17, 15) is 9.59 Å². The third-order valence-corrected chi connectivity index (χ3v) is 4.84. The van der Waals surface area contributed by atoms with Crippen molar-refractivity contribution in [1.29, 1.82) is 0 Å². The number of nitrogens with zero attached hydrogens (tertiary/aromatic N) is 2. The molecule has 1 aromatic carbocycles. The van der Waals surface area contributed by atoms with Crippen molar-refractivity contribution in [2.24, 2.45) is 0 Å². The number of aryl methyl sites for hydroxylation is 1. The van der Waals surface area contributed by atoms with E-state index in [-0.39, 0.29) is 11.8 Å². The smallest absolute Gasteiger partial charge is 0.289 e. The van der Waals surface area contributed by atoms with Crippen LogP contribution in [-0.4, -0.2) is 47.8 Å². The van der Waals surface area contributed by atoms with Gasteiger partial charge in [-0.25, -0.2) is 0 Å². The Morgan fingerprint density at radius 3 is 2.08 bits per heavy atom. The average molecular weight is 340 g/mol. The Morgan fingerprint density at radius 1 is 0.920 bits per heavy atom. The molecule has 0 radical (unpaired) electrons. The molecule has 0 spiro atoms. The number of rotatable bonds is 3. The van der Waals surface area contributed by atoms with Crippen molar-refractivity contribution in [3.63, 3.8) is 0 Å². The van der Waals surface area contributed by atoms with Crippen molar-refractivity contribution in [1.82, 2.24) is 9.80 Å². The van der Waals surface area contributed by atoms with E-state index >= 15 is 0 Å². The van der Waals surface area contributed by atoms with Crippen molar-refractivity contribution in [2.75, 3.05) is 26.2 Å². The van der Waals surface area contributed by atoms with Gasteiger partial charge in [-0.1, -0.05) is 30.3 Å². The highest BCUT2D eigenvalue weighted by Gasteiger charge is 2.35. The lowest BCUT2D eigenvalue weighted by atomic mass is 9.83. The summed E-state index contributed by atoms with van der Waals surface area (Å²) in [7, 11) is 0. The fourth-order valence-corrected chi connectivity index (χ4v) is 3.19. The molecule has 0 bridgehead atoms. The van der Waals surface area contributed by atoms with Crippen LogP contribution < -0.4 is 0 Å². The molecular formula is C20H24N2O3. The molecule has 1 fully saturated rings. The maximum absolute atomic E-state index is 13.0. The fourth-order valence-electron chi connectivity index (χ4n) is 3.19. The summed E-state index contributed by atoms with van der Waals surface area (Å²) in [6.07, 6.45) is 0. The summed E-state index contributed by atoms with van der Waals surface area (Å²) in [5.41, 5.74) is 0.426. The van der Waals surface area contributed by atoms with Crippen LogP contribution in [0.5, 0.6) is 0 Å². The summed E-state index contributed by atoms with van der Waals surface area (Å²) in [6.45, 7) is 7.85. The molecular weight excluding hydrogens is 316 g/mol. The molecule has 2 aromatic rings. The van der Waals surface area contributed by atoms with Gasteiger partial charge in [0.15, 0.2) is 5.76 Å². The van der Waals surface area contributed by atoms with Gasteiger partial charge in [0.2, 0.25) is 5.91 Å². The molecule has 0 N–H and O–H groups in total. The lowest BCUT2D eigenvalue weighted by Gasteiger charge is -2.38. The third kappa shape index (κ3) is 3.45. The second-order valence-electron chi connectivity index (χ2n) is 6.99. The minimum absolute atomic E-state index is 0.0969. The van der Waals surface area contributed by atoms with Gasteiger partial charge in [0.1, 0.15) is 5.76 Å². The maximum atomic E-state index is 13.0. The van der Waals surface area contributed by atoms with Gasteiger partial charge in [0.05, 0.1) is 5.41 Å². The summed E-state index contributed by atoms with van der Waals surface area (Å²) in [6, 6.07) is 13.3. The minimum atomic E-state index is -0.578. The molecule has 2 heterocycles. The van der Waals surface area contributed by atoms with Crippen LogP contribution in [0, 0.1) is 6.92 Å². The predicted molar refractivity (Wildman–Crippen MR) is 95.4 cm³/mol. The van der Waals surface area contributed by atoms with Gasteiger partial charge in [0, 0.05) is 26.2 Å². The standard InChI is InChI=1S/C20H24N2O3/c1-15-9-10-17(25-15)18(23)21-11-13-22(14-12-21)19(24)20(2,3)16-7-5-4-6-8-16/h4-10H,11-14H2,1-3H3. The number of furan rings is 1. The van der Waals surface area contributed by atoms with Crippen molar-refractivity contribution >= 4 is 11.8 Å². The van der Waals surface area contributed by atoms with Crippen LogP contribution in [0.4, 0.5) is 0 Å². The monoisotopic (exact) mass is 340 g/mol. The van der Waals surface area contributed by atoms with Crippen molar-refractivity contribution in [2.45, 2.75) is 26.2 Å². The summed E-state index contributed by atoms with van der Waals surface area (Å²) < 4.78 is 5.41. The maximum Gasteiger partial charge on any atom is 0.289 e. The fraction of sp³-hybridized carbons (Fsp3) is 0.400. The SMILES string of the molecule is Cc1ccc(C(=O)N2CCN(C(=O)C(C)(C)c3ccccc3)CC2)o1. The molecule has 1 saturated heterocycles. The molecule has 2 amide bonds. The molecule has 0 aliphatic carbocycles. The Balaban J connectivity index is 1.64. The van der Waals surface area contributed by atoms with Gasteiger partial charge in [0.25, 0.3) is 5.91 Å². The summed E-state index contributed by atoms with van der Waals surface area (Å²) in [5, 5.41) is 0. The molecule has 1 aliphatic rings. The first kappa shape index (κ1) is 17.3. The van der Waals surface area contributed by atoms with Crippen LogP contribution in [-0.2, 0) is 10.2 Å². The second kappa shape index (κ2) is 6.75. The molecule has 5 nitrogen and oxygen atoms in total. The molecule has 25 heavy (non-hydrogen) atoms. The molecule has 0 atom stereocenters. The molecule has 132 valence electrons. The number of carbonyl (C=O) groups excluding carboxylic acids is 2. The highest BCUT2D eigenvalue weighted by Crippen LogP contribution is 2.26. The van der Waals surface area contributed by atoms with Crippen LogP contribution in [0.2, 0.25) is 0 Å². The van der Waals surface area contributed by atoms with Gasteiger partial charge in [-0.05, 0) is 38.5 Å². The Hall–Kier alpha value is -2.56. The van der Waals surface area contributed by atoms with Gasteiger partial charge >= 0.3 is 0 Å². The van der Waals surface area contributed by atoms with Gasteiger partial charge in [-0.15, -0.1) is 0 Å². The van der Waals surface area contributed by atoms with E-state index in [0.29, 0.717) is 31.9 Å². The zero-order valence-corrected chi connectivity index (χ0v) is 15.0. The zero-order chi connectivity index (χ0) is 18.0. The van der Waals surface area contributed by atoms with E-state index in [2.05, 4.69) is 0 Å². The van der Waals surface area contributed by atoms with Crippen LogP contribution in [0.25, 0.3) is 0 Å². The van der Waals surface area contributed by atoms with Crippen LogP contribution in [0.1, 0.15) is 35.7 Å². The largest absolute Gasteiger partial charge is 0.456 e. The topological polar surface area (TPSA) is 53.8 Å². The summed E-state index contributed by atoms with van der Waals surface area (Å²) in [4.78, 5) is 29.0. The molecule has 0 unspecified atom stereocenters. The summed E-state index contributed by atoms with van der Waals surface area (Å²) >= 11 is 0. The van der Waals surface area contributed by atoms with E-state index in [1.807, 2.05) is 56.0 Å². The van der Waals surface area contributed by atoms with Crippen LogP contribution in [0.15, 0.2) is 46.9 Å². The van der Waals surface area contributed by atoms with E-state index in [0.717, 1.165) is 11.3 Å². The van der Waals surface area contributed by atoms with Gasteiger partial charge < -0.3 is 14.2 Å². The van der Waals surface area contributed by atoms with Crippen LogP contribution >= 0.6 is 0 Å². The Labute approximate surface area is 148 Å². The molecule has 5 heteroatoms. The van der Waals surface area contributed by atoms with E-state index in [4.69, 9.17) is 4.42 Å². The van der Waals surface area contributed by atoms with E-state index in [1.54, 1.807) is 17.0 Å². The second-order valence-corrected chi connectivity index (χ2v) is 6.99. The number of amides is 2. The average Bonchev–Trinajstić information content (AvgIpc) is 3.07. The zero-order valence-electron chi connectivity index (χ0n) is 15.0. The number of hydrogen-bond acceptors (Lipinski definition) is 3. The highest BCUT2D eigenvalue weighted by molar-refractivity contribution is 5.92. The molecule has 0 saturated carbocycles. The van der Waals surface area contributed by atoms with Crippen molar-refractivity contribution < 1.29 is 14.0 Å².